The van der Waals surface area contributed by atoms with E-state index in [1.165, 1.54) is 4.90 Å². The Morgan fingerprint density at radius 3 is 2.54 bits per heavy atom. The van der Waals surface area contributed by atoms with Crippen molar-refractivity contribution in [3.8, 4) is 0 Å². The Kier molecular flexibility index (Phi) is 4.55. The minimum atomic E-state index is -0.665. The highest BCUT2D eigenvalue weighted by molar-refractivity contribution is 6.07. The number of amides is 4. The third kappa shape index (κ3) is 3.27. The van der Waals surface area contributed by atoms with E-state index in [0.29, 0.717) is 6.42 Å². The highest BCUT2D eigenvalue weighted by atomic mass is 16.2. The van der Waals surface area contributed by atoms with Crippen molar-refractivity contribution < 1.29 is 14.4 Å². The highest BCUT2D eigenvalue weighted by Gasteiger charge is 2.51. The van der Waals surface area contributed by atoms with Gasteiger partial charge < -0.3 is 10.6 Å². The minimum Gasteiger partial charge on any atom is -0.326 e. The van der Waals surface area contributed by atoms with Crippen LogP contribution < -0.4 is 10.6 Å². The summed E-state index contributed by atoms with van der Waals surface area (Å²) in [6.45, 7) is 2.27. The van der Waals surface area contributed by atoms with Crippen LogP contribution in [0.2, 0.25) is 0 Å². The third-order valence-electron chi connectivity index (χ3n) is 4.82. The zero-order valence-electron chi connectivity index (χ0n) is 13.9. The van der Waals surface area contributed by atoms with E-state index in [1.54, 1.807) is 0 Å². The quantitative estimate of drug-likeness (QED) is 0.815. The maximum Gasteiger partial charge on any atom is 0.325 e. The van der Waals surface area contributed by atoms with Gasteiger partial charge in [-0.3, -0.25) is 14.5 Å². The second kappa shape index (κ2) is 6.63. The molecule has 3 rings (SSSR count). The van der Waals surface area contributed by atoms with E-state index in [9.17, 15) is 14.4 Å². The summed E-state index contributed by atoms with van der Waals surface area (Å²) in [5.74, 6) is -0.231. The van der Waals surface area contributed by atoms with Crippen LogP contribution in [-0.2, 0) is 9.59 Å². The van der Waals surface area contributed by atoms with E-state index in [-0.39, 0.29) is 30.8 Å². The second-order valence-corrected chi connectivity index (χ2v) is 6.69. The Hall–Kier alpha value is -2.37. The Morgan fingerprint density at radius 1 is 1.21 bits per heavy atom. The first-order valence-corrected chi connectivity index (χ1v) is 8.51. The molecule has 1 aliphatic heterocycles. The molecule has 2 aliphatic rings. The lowest BCUT2D eigenvalue weighted by Gasteiger charge is -2.19. The molecular formula is C18H23N3O3. The van der Waals surface area contributed by atoms with Gasteiger partial charge in [-0.1, -0.05) is 30.5 Å². The molecular weight excluding hydrogens is 306 g/mol. The van der Waals surface area contributed by atoms with Crippen molar-refractivity contribution in [1.29, 1.82) is 0 Å². The van der Waals surface area contributed by atoms with Gasteiger partial charge in [0.25, 0.3) is 5.91 Å². The standard InChI is InChI=1S/C18H23N3O3/c1-13-6-8-14(9-7-13)19-15(22)5-4-12-21-16(23)18(20-17(21)24)10-2-3-11-18/h6-9H,2-5,10-12H2,1H3,(H,19,22)(H,20,24). The number of hydrogen-bond donors (Lipinski definition) is 2. The van der Waals surface area contributed by atoms with Crippen LogP contribution in [0.25, 0.3) is 0 Å². The van der Waals surface area contributed by atoms with Crippen LogP contribution in [0, 0.1) is 6.92 Å². The second-order valence-electron chi connectivity index (χ2n) is 6.69. The number of hydrogen-bond acceptors (Lipinski definition) is 3. The van der Waals surface area contributed by atoms with Gasteiger partial charge in [-0.05, 0) is 38.3 Å². The van der Waals surface area contributed by atoms with Crippen LogP contribution in [0.15, 0.2) is 24.3 Å². The number of carbonyl (C=O) groups excluding carboxylic acids is 3. The molecule has 1 aromatic rings. The van der Waals surface area contributed by atoms with E-state index in [4.69, 9.17) is 0 Å². The molecule has 1 saturated heterocycles. The SMILES string of the molecule is Cc1ccc(NC(=O)CCCN2C(=O)NC3(CCCC3)C2=O)cc1. The fraction of sp³-hybridized carbons (Fsp3) is 0.500. The lowest BCUT2D eigenvalue weighted by Crippen LogP contribution is -2.44. The zero-order valence-corrected chi connectivity index (χ0v) is 13.9. The van der Waals surface area contributed by atoms with Gasteiger partial charge in [0.1, 0.15) is 5.54 Å². The lowest BCUT2D eigenvalue weighted by atomic mass is 9.98. The number of anilines is 1. The number of nitrogens with zero attached hydrogens (tertiary/aromatic N) is 1. The number of aryl methyl sites for hydroxylation is 1. The van der Waals surface area contributed by atoms with Crippen LogP contribution in [0.3, 0.4) is 0 Å². The summed E-state index contributed by atoms with van der Waals surface area (Å²) in [7, 11) is 0. The number of carbonyl (C=O) groups is 3. The fourth-order valence-electron chi connectivity index (χ4n) is 3.45. The van der Waals surface area contributed by atoms with Gasteiger partial charge in [0.2, 0.25) is 5.91 Å². The van der Waals surface area contributed by atoms with Gasteiger partial charge in [-0.15, -0.1) is 0 Å². The molecule has 1 aliphatic carbocycles. The summed E-state index contributed by atoms with van der Waals surface area (Å²) >= 11 is 0. The Labute approximate surface area is 141 Å². The van der Waals surface area contributed by atoms with Crippen molar-refractivity contribution >= 4 is 23.5 Å². The molecule has 1 saturated carbocycles. The minimum absolute atomic E-state index is 0.110. The molecule has 0 atom stereocenters. The first-order chi connectivity index (χ1) is 11.5. The lowest BCUT2D eigenvalue weighted by molar-refractivity contribution is -0.131. The molecule has 6 heteroatoms. The molecule has 0 bridgehead atoms. The van der Waals surface area contributed by atoms with E-state index in [0.717, 1.165) is 36.9 Å². The van der Waals surface area contributed by atoms with E-state index in [2.05, 4.69) is 10.6 Å². The van der Waals surface area contributed by atoms with E-state index < -0.39 is 5.54 Å². The van der Waals surface area contributed by atoms with Gasteiger partial charge in [-0.2, -0.15) is 0 Å². The molecule has 24 heavy (non-hydrogen) atoms. The first-order valence-electron chi connectivity index (χ1n) is 8.51. The molecule has 0 unspecified atom stereocenters. The average molecular weight is 329 g/mol. The summed E-state index contributed by atoms with van der Waals surface area (Å²) < 4.78 is 0. The molecule has 0 radical (unpaired) electrons. The van der Waals surface area contributed by atoms with Gasteiger partial charge in [-0.25, -0.2) is 4.79 Å². The smallest absolute Gasteiger partial charge is 0.325 e. The predicted molar refractivity (Wildman–Crippen MR) is 90.5 cm³/mol. The van der Waals surface area contributed by atoms with Gasteiger partial charge >= 0.3 is 6.03 Å². The predicted octanol–water partition coefficient (Wildman–Crippen LogP) is 2.58. The van der Waals surface area contributed by atoms with Crippen LogP contribution in [0.4, 0.5) is 10.5 Å². The Morgan fingerprint density at radius 2 is 1.88 bits per heavy atom. The highest BCUT2D eigenvalue weighted by Crippen LogP contribution is 2.35. The van der Waals surface area contributed by atoms with Crippen LogP contribution >= 0.6 is 0 Å². The summed E-state index contributed by atoms with van der Waals surface area (Å²) in [6, 6.07) is 7.26. The van der Waals surface area contributed by atoms with E-state index >= 15 is 0 Å². The molecule has 6 nitrogen and oxygen atoms in total. The average Bonchev–Trinajstić information content (AvgIpc) is 3.10. The number of nitrogens with one attached hydrogen (secondary N) is 2. The topological polar surface area (TPSA) is 78.5 Å². The summed E-state index contributed by atoms with van der Waals surface area (Å²) in [6.07, 6.45) is 4.13. The van der Waals surface area contributed by atoms with Crippen molar-refractivity contribution in [3.05, 3.63) is 29.8 Å². The van der Waals surface area contributed by atoms with Crippen molar-refractivity contribution in [2.75, 3.05) is 11.9 Å². The molecule has 128 valence electrons. The number of urea groups is 1. The first kappa shape index (κ1) is 16.5. The molecule has 2 fully saturated rings. The molecule has 1 aromatic carbocycles. The molecule has 1 spiro atoms. The molecule has 1 heterocycles. The maximum absolute atomic E-state index is 12.5. The van der Waals surface area contributed by atoms with Crippen LogP contribution in [-0.4, -0.2) is 34.8 Å². The summed E-state index contributed by atoms with van der Waals surface area (Å²) in [5.41, 5.74) is 1.22. The third-order valence-corrected chi connectivity index (χ3v) is 4.82. The number of benzene rings is 1. The van der Waals surface area contributed by atoms with Crippen molar-refractivity contribution in [2.45, 2.75) is 51.0 Å². The normalized spacial score (nSPS) is 19.0. The zero-order chi connectivity index (χ0) is 17.2. The van der Waals surface area contributed by atoms with Crippen LogP contribution in [0.1, 0.15) is 44.1 Å². The van der Waals surface area contributed by atoms with Gasteiger partial charge in [0.05, 0.1) is 0 Å². The van der Waals surface area contributed by atoms with Crippen molar-refractivity contribution in [2.24, 2.45) is 0 Å². The molecule has 4 amide bonds. The Bertz CT molecular complexity index is 648. The van der Waals surface area contributed by atoms with Gasteiger partial charge in [0.15, 0.2) is 0 Å². The van der Waals surface area contributed by atoms with E-state index in [1.807, 2.05) is 31.2 Å². The fourth-order valence-corrected chi connectivity index (χ4v) is 3.45. The largest absolute Gasteiger partial charge is 0.326 e. The number of imide groups is 1. The van der Waals surface area contributed by atoms with Gasteiger partial charge in [0, 0.05) is 18.7 Å². The van der Waals surface area contributed by atoms with Crippen molar-refractivity contribution in [3.63, 3.8) is 0 Å². The monoisotopic (exact) mass is 329 g/mol. The van der Waals surface area contributed by atoms with Crippen LogP contribution in [0.5, 0.6) is 0 Å². The summed E-state index contributed by atoms with van der Waals surface area (Å²) in [4.78, 5) is 37.8. The Balaban J connectivity index is 1.47. The number of rotatable bonds is 5. The maximum atomic E-state index is 12.5. The molecule has 0 aromatic heterocycles. The summed E-state index contributed by atoms with van der Waals surface area (Å²) in [5, 5.41) is 5.67. The van der Waals surface area contributed by atoms with Crippen molar-refractivity contribution in [1.82, 2.24) is 10.2 Å². The molecule has 2 N–H and O–H groups in total.